The van der Waals surface area contributed by atoms with E-state index in [9.17, 15) is 15.0 Å². The van der Waals surface area contributed by atoms with Crippen molar-refractivity contribution in [2.24, 2.45) is 0 Å². The summed E-state index contributed by atoms with van der Waals surface area (Å²) in [6.45, 7) is 2.35. The summed E-state index contributed by atoms with van der Waals surface area (Å²) in [5.41, 5.74) is 0.592. The highest BCUT2D eigenvalue weighted by Gasteiger charge is 2.22. The lowest BCUT2D eigenvalue weighted by Gasteiger charge is -2.33. The van der Waals surface area contributed by atoms with Gasteiger partial charge in [-0.1, -0.05) is 0 Å². The van der Waals surface area contributed by atoms with Crippen molar-refractivity contribution in [3.63, 3.8) is 0 Å². The molecule has 130 valence electrons. The molecule has 0 bridgehead atoms. The number of benzene rings is 1. The van der Waals surface area contributed by atoms with Crippen molar-refractivity contribution in [2.45, 2.75) is 25.4 Å². The van der Waals surface area contributed by atoms with E-state index in [1.807, 2.05) is 16.9 Å². The van der Waals surface area contributed by atoms with Crippen molar-refractivity contribution in [3.8, 4) is 11.5 Å². The number of likely N-dealkylation sites (tertiary alicyclic amines) is 1. The normalized spacial score (nSPS) is 18.6. The summed E-state index contributed by atoms with van der Waals surface area (Å²) >= 11 is 0. The van der Waals surface area contributed by atoms with Crippen LogP contribution in [0.25, 0.3) is 11.0 Å². The first kappa shape index (κ1) is 15.7. The lowest BCUT2D eigenvalue weighted by molar-refractivity contribution is 0.163. The van der Waals surface area contributed by atoms with E-state index in [0.717, 1.165) is 31.5 Å². The summed E-state index contributed by atoms with van der Waals surface area (Å²) < 4.78 is 7.13. The molecular weight excluding hydrogens is 322 g/mol. The fourth-order valence-electron chi connectivity index (χ4n) is 3.51. The molecular formula is C18H19N3O4. The Kier molecular flexibility index (Phi) is 3.93. The number of piperidine rings is 1. The van der Waals surface area contributed by atoms with Crippen LogP contribution in [0.2, 0.25) is 0 Å². The molecule has 0 aliphatic carbocycles. The molecule has 2 N–H and O–H groups in total. The van der Waals surface area contributed by atoms with E-state index in [1.165, 1.54) is 18.2 Å². The van der Waals surface area contributed by atoms with E-state index in [-0.39, 0.29) is 17.1 Å². The van der Waals surface area contributed by atoms with Crippen molar-refractivity contribution >= 4 is 11.0 Å². The number of rotatable bonds is 3. The van der Waals surface area contributed by atoms with Gasteiger partial charge in [0.05, 0.1) is 6.04 Å². The predicted molar refractivity (Wildman–Crippen MR) is 91.6 cm³/mol. The highest BCUT2D eigenvalue weighted by atomic mass is 16.4. The van der Waals surface area contributed by atoms with E-state index in [4.69, 9.17) is 4.42 Å². The van der Waals surface area contributed by atoms with E-state index in [0.29, 0.717) is 18.0 Å². The minimum absolute atomic E-state index is 0.226. The summed E-state index contributed by atoms with van der Waals surface area (Å²) in [6, 6.07) is 6.41. The standard InChI is InChI=1S/C18H19N3O4/c22-15-8-14-12(7-18(24)25-17(14)9-16(15)23)10-20-5-1-3-13(11-20)21-6-2-4-19-21/h2,4,6-9,13,22-23H,1,3,5,10-11H2/t13-/m0/s1. The first-order valence-corrected chi connectivity index (χ1v) is 8.30. The minimum atomic E-state index is -0.465. The zero-order valence-electron chi connectivity index (χ0n) is 13.6. The minimum Gasteiger partial charge on any atom is -0.504 e. The second-order valence-electron chi connectivity index (χ2n) is 6.44. The lowest BCUT2D eigenvalue weighted by Crippen LogP contribution is -2.36. The summed E-state index contributed by atoms with van der Waals surface area (Å²) in [5.74, 6) is -0.528. The molecule has 1 aromatic carbocycles. The van der Waals surface area contributed by atoms with E-state index < -0.39 is 5.63 Å². The fraction of sp³-hybridized carbons (Fsp3) is 0.333. The molecule has 0 unspecified atom stereocenters. The van der Waals surface area contributed by atoms with Crippen molar-refractivity contribution in [3.05, 3.63) is 52.6 Å². The lowest BCUT2D eigenvalue weighted by atomic mass is 10.0. The number of hydrogen-bond acceptors (Lipinski definition) is 6. The second-order valence-corrected chi connectivity index (χ2v) is 6.44. The van der Waals surface area contributed by atoms with Crippen LogP contribution < -0.4 is 5.63 Å². The summed E-state index contributed by atoms with van der Waals surface area (Å²) in [5, 5.41) is 24.4. The van der Waals surface area contributed by atoms with Gasteiger partial charge in [0, 0.05) is 43.0 Å². The quantitative estimate of drug-likeness (QED) is 0.561. The van der Waals surface area contributed by atoms with Crippen LogP contribution in [-0.4, -0.2) is 38.0 Å². The maximum absolute atomic E-state index is 11.8. The number of aromatic nitrogens is 2. The molecule has 0 amide bonds. The van der Waals surface area contributed by atoms with Gasteiger partial charge >= 0.3 is 5.63 Å². The SMILES string of the molecule is O=c1cc(CN2CCC[C@H](n3cccn3)C2)c2cc(O)c(O)cc2o1. The van der Waals surface area contributed by atoms with Gasteiger partial charge in [-0.3, -0.25) is 9.58 Å². The van der Waals surface area contributed by atoms with Crippen molar-refractivity contribution in [2.75, 3.05) is 13.1 Å². The highest BCUT2D eigenvalue weighted by molar-refractivity contribution is 5.83. The Labute approximate surface area is 143 Å². The van der Waals surface area contributed by atoms with Gasteiger partial charge in [0.2, 0.25) is 0 Å². The first-order chi connectivity index (χ1) is 12.1. The first-order valence-electron chi connectivity index (χ1n) is 8.30. The van der Waals surface area contributed by atoms with Gasteiger partial charge in [-0.2, -0.15) is 5.10 Å². The van der Waals surface area contributed by atoms with Crippen LogP contribution in [0.5, 0.6) is 11.5 Å². The smallest absolute Gasteiger partial charge is 0.336 e. The molecule has 25 heavy (non-hydrogen) atoms. The maximum Gasteiger partial charge on any atom is 0.336 e. The van der Waals surface area contributed by atoms with Crippen LogP contribution in [0.15, 0.2) is 45.9 Å². The topological polar surface area (TPSA) is 91.7 Å². The average Bonchev–Trinajstić information content (AvgIpc) is 3.11. The molecule has 1 aliphatic rings. The van der Waals surface area contributed by atoms with Crippen LogP contribution in [0, 0.1) is 0 Å². The predicted octanol–water partition coefficient (Wildman–Crippen LogP) is 2.24. The van der Waals surface area contributed by atoms with Gasteiger partial charge < -0.3 is 14.6 Å². The average molecular weight is 341 g/mol. The number of fused-ring (bicyclic) bond motifs is 1. The molecule has 3 aromatic rings. The Hall–Kier alpha value is -2.80. The Morgan fingerprint density at radius 1 is 1.24 bits per heavy atom. The van der Waals surface area contributed by atoms with Crippen LogP contribution >= 0.6 is 0 Å². The largest absolute Gasteiger partial charge is 0.504 e. The molecule has 4 rings (SSSR count). The number of phenols is 2. The zero-order valence-corrected chi connectivity index (χ0v) is 13.6. The van der Waals surface area contributed by atoms with Gasteiger partial charge in [0.15, 0.2) is 11.5 Å². The molecule has 1 aliphatic heterocycles. The molecule has 0 saturated carbocycles. The van der Waals surface area contributed by atoms with Gasteiger partial charge in [-0.15, -0.1) is 0 Å². The Morgan fingerprint density at radius 3 is 2.88 bits per heavy atom. The molecule has 1 fully saturated rings. The molecule has 7 heteroatoms. The van der Waals surface area contributed by atoms with E-state index in [2.05, 4.69) is 10.00 Å². The highest BCUT2D eigenvalue weighted by Crippen LogP contribution is 2.32. The third kappa shape index (κ3) is 3.10. The maximum atomic E-state index is 11.8. The van der Waals surface area contributed by atoms with Crippen molar-refractivity contribution < 1.29 is 14.6 Å². The second kappa shape index (κ2) is 6.25. The fourth-order valence-corrected chi connectivity index (χ4v) is 3.51. The Morgan fingerprint density at radius 2 is 2.08 bits per heavy atom. The van der Waals surface area contributed by atoms with Crippen LogP contribution in [-0.2, 0) is 6.54 Å². The van der Waals surface area contributed by atoms with Gasteiger partial charge in [-0.25, -0.2) is 4.79 Å². The van der Waals surface area contributed by atoms with E-state index in [1.54, 1.807) is 6.20 Å². The van der Waals surface area contributed by atoms with Crippen molar-refractivity contribution in [1.29, 1.82) is 0 Å². The third-order valence-electron chi connectivity index (χ3n) is 4.70. The molecule has 0 spiro atoms. The van der Waals surface area contributed by atoms with Gasteiger partial charge in [-0.05, 0) is 37.1 Å². The van der Waals surface area contributed by atoms with Crippen LogP contribution in [0.1, 0.15) is 24.4 Å². The molecule has 7 nitrogen and oxygen atoms in total. The molecule has 0 radical (unpaired) electrons. The van der Waals surface area contributed by atoms with Gasteiger partial charge in [0.25, 0.3) is 0 Å². The molecule has 2 aromatic heterocycles. The summed E-state index contributed by atoms with van der Waals surface area (Å²) in [6.07, 6.45) is 5.88. The van der Waals surface area contributed by atoms with Gasteiger partial charge in [0.1, 0.15) is 5.58 Å². The molecule has 3 heterocycles. The summed E-state index contributed by atoms with van der Waals surface area (Å²) in [7, 11) is 0. The molecule has 1 saturated heterocycles. The summed E-state index contributed by atoms with van der Waals surface area (Å²) in [4.78, 5) is 14.1. The monoisotopic (exact) mass is 341 g/mol. The Bertz CT molecular complexity index is 949. The van der Waals surface area contributed by atoms with Crippen LogP contribution in [0.3, 0.4) is 0 Å². The van der Waals surface area contributed by atoms with Crippen molar-refractivity contribution in [1.82, 2.24) is 14.7 Å². The van der Waals surface area contributed by atoms with E-state index >= 15 is 0 Å². The number of phenolic OH excluding ortho intramolecular Hbond substituents is 2. The number of hydrogen-bond donors (Lipinski definition) is 2. The third-order valence-corrected chi connectivity index (χ3v) is 4.70. The number of nitrogens with zero attached hydrogens (tertiary/aromatic N) is 3. The van der Waals surface area contributed by atoms with Crippen LogP contribution in [0.4, 0.5) is 0 Å². The molecule has 1 atom stereocenters. The number of aromatic hydroxyl groups is 2. The Balaban J connectivity index is 1.64. The zero-order chi connectivity index (χ0) is 17.4.